The topological polar surface area (TPSA) is 29.9 Å². The first-order valence-electron chi connectivity index (χ1n) is 5.72. The lowest BCUT2D eigenvalue weighted by atomic mass is 10.2. The van der Waals surface area contributed by atoms with Gasteiger partial charge in [0.15, 0.2) is 0 Å². The molecule has 0 atom stereocenters. The van der Waals surface area contributed by atoms with Gasteiger partial charge >= 0.3 is 0 Å². The van der Waals surface area contributed by atoms with Crippen molar-refractivity contribution in [1.82, 2.24) is 9.78 Å². The predicted octanol–water partition coefficient (Wildman–Crippen LogP) is 2.96. The summed E-state index contributed by atoms with van der Waals surface area (Å²) in [6, 6.07) is 6.67. The van der Waals surface area contributed by atoms with Crippen LogP contribution >= 0.6 is 0 Å². The Morgan fingerprint density at radius 2 is 2.12 bits per heavy atom. The fourth-order valence-corrected chi connectivity index (χ4v) is 1.69. The number of aryl methyl sites for hydroxylation is 2. The number of benzene rings is 1. The number of aromatic nitrogens is 2. The van der Waals surface area contributed by atoms with E-state index in [0.717, 1.165) is 17.8 Å². The fourth-order valence-electron chi connectivity index (χ4n) is 1.69. The molecule has 4 heteroatoms. The maximum Gasteiger partial charge on any atom is 0.146 e. The fraction of sp³-hybridized carbons (Fsp3) is 0.308. The lowest BCUT2D eigenvalue weighted by molar-refractivity contribution is 0.630. The smallest absolute Gasteiger partial charge is 0.146 e. The zero-order chi connectivity index (χ0) is 12.3. The molecule has 0 aliphatic carbocycles. The Labute approximate surface area is 100 Å². The summed E-state index contributed by atoms with van der Waals surface area (Å²) in [6.07, 6.45) is 1.99. The van der Waals surface area contributed by atoms with Crippen LogP contribution < -0.4 is 5.32 Å². The standard InChI is InChI=1S/C13H16FN3/c1-3-17-9-11(10(2)16-17)8-15-13-7-5-4-6-12(13)14/h4-7,9,15H,3,8H2,1-2H3. The van der Waals surface area contributed by atoms with Crippen LogP contribution in [0, 0.1) is 12.7 Å². The van der Waals surface area contributed by atoms with Crippen molar-refractivity contribution in [2.45, 2.75) is 26.9 Å². The van der Waals surface area contributed by atoms with Crippen molar-refractivity contribution in [3.05, 3.63) is 47.5 Å². The van der Waals surface area contributed by atoms with Gasteiger partial charge in [-0.15, -0.1) is 0 Å². The zero-order valence-corrected chi connectivity index (χ0v) is 10.1. The number of nitrogens with zero attached hydrogens (tertiary/aromatic N) is 2. The molecule has 3 nitrogen and oxygen atoms in total. The highest BCUT2D eigenvalue weighted by Crippen LogP contribution is 2.14. The highest BCUT2D eigenvalue weighted by atomic mass is 19.1. The van der Waals surface area contributed by atoms with Crippen LogP contribution in [-0.2, 0) is 13.1 Å². The van der Waals surface area contributed by atoms with E-state index in [-0.39, 0.29) is 5.82 Å². The van der Waals surface area contributed by atoms with Gasteiger partial charge in [0.05, 0.1) is 11.4 Å². The van der Waals surface area contributed by atoms with Crippen molar-refractivity contribution < 1.29 is 4.39 Å². The third kappa shape index (κ3) is 2.64. The minimum absolute atomic E-state index is 0.229. The molecule has 1 N–H and O–H groups in total. The van der Waals surface area contributed by atoms with E-state index in [2.05, 4.69) is 10.4 Å². The maximum atomic E-state index is 13.4. The van der Waals surface area contributed by atoms with Gasteiger partial charge in [0.1, 0.15) is 5.82 Å². The van der Waals surface area contributed by atoms with Crippen LogP contribution in [0.4, 0.5) is 10.1 Å². The molecule has 0 unspecified atom stereocenters. The molecule has 0 saturated heterocycles. The van der Waals surface area contributed by atoms with E-state index in [4.69, 9.17) is 0 Å². The summed E-state index contributed by atoms with van der Waals surface area (Å²) >= 11 is 0. The largest absolute Gasteiger partial charge is 0.378 e. The van der Waals surface area contributed by atoms with Gasteiger partial charge < -0.3 is 5.32 Å². The molecule has 0 radical (unpaired) electrons. The maximum absolute atomic E-state index is 13.4. The lowest BCUT2D eigenvalue weighted by Crippen LogP contribution is -2.01. The molecule has 1 aromatic heterocycles. The first-order valence-corrected chi connectivity index (χ1v) is 5.72. The van der Waals surface area contributed by atoms with Gasteiger partial charge in [-0.25, -0.2) is 4.39 Å². The Bertz CT molecular complexity index is 505. The number of nitrogens with one attached hydrogen (secondary N) is 1. The van der Waals surface area contributed by atoms with Crippen LogP contribution in [0.5, 0.6) is 0 Å². The number of para-hydroxylation sites is 1. The van der Waals surface area contributed by atoms with Crippen molar-refractivity contribution >= 4 is 5.69 Å². The molecule has 90 valence electrons. The van der Waals surface area contributed by atoms with Crippen molar-refractivity contribution in [2.24, 2.45) is 0 Å². The summed E-state index contributed by atoms with van der Waals surface area (Å²) in [5.74, 6) is -0.229. The first-order chi connectivity index (χ1) is 8.20. The number of hydrogen-bond acceptors (Lipinski definition) is 2. The molecular formula is C13H16FN3. The van der Waals surface area contributed by atoms with Crippen molar-refractivity contribution in [3.63, 3.8) is 0 Å². The molecule has 1 aromatic carbocycles. The molecule has 0 amide bonds. The third-order valence-corrected chi connectivity index (χ3v) is 2.72. The molecule has 2 rings (SSSR count). The van der Waals surface area contributed by atoms with Gasteiger partial charge in [0.25, 0.3) is 0 Å². The Balaban J connectivity index is 2.07. The zero-order valence-electron chi connectivity index (χ0n) is 10.1. The summed E-state index contributed by atoms with van der Waals surface area (Å²) in [5, 5.41) is 7.43. The molecule has 1 heterocycles. The normalized spacial score (nSPS) is 10.5. The second kappa shape index (κ2) is 4.99. The van der Waals surface area contributed by atoms with Gasteiger partial charge in [0.2, 0.25) is 0 Å². The third-order valence-electron chi connectivity index (χ3n) is 2.72. The summed E-state index contributed by atoms with van der Waals surface area (Å²) in [6.45, 7) is 5.44. The molecule has 0 bridgehead atoms. The van der Waals surface area contributed by atoms with E-state index in [1.807, 2.05) is 30.8 Å². The van der Waals surface area contributed by atoms with Gasteiger partial charge in [-0.3, -0.25) is 4.68 Å². The second-order valence-electron chi connectivity index (χ2n) is 3.93. The first kappa shape index (κ1) is 11.6. The molecule has 17 heavy (non-hydrogen) atoms. The van der Waals surface area contributed by atoms with E-state index < -0.39 is 0 Å². The predicted molar refractivity (Wildman–Crippen MR) is 66.4 cm³/mol. The van der Waals surface area contributed by atoms with Crippen LogP contribution in [0.3, 0.4) is 0 Å². The highest BCUT2D eigenvalue weighted by molar-refractivity contribution is 5.44. The van der Waals surface area contributed by atoms with E-state index >= 15 is 0 Å². The Kier molecular flexibility index (Phi) is 3.42. The van der Waals surface area contributed by atoms with Crippen molar-refractivity contribution in [2.75, 3.05) is 5.32 Å². The van der Waals surface area contributed by atoms with Gasteiger partial charge in [-0.1, -0.05) is 12.1 Å². The van der Waals surface area contributed by atoms with Crippen LogP contribution in [0.2, 0.25) is 0 Å². The van der Waals surface area contributed by atoms with Crippen LogP contribution in [0.25, 0.3) is 0 Å². The molecule has 0 aliphatic rings. The Hall–Kier alpha value is -1.84. The Morgan fingerprint density at radius 3 is 2.76 bits per heavy atom. The summed E-state index contributed by atoms with van der Waals surface area (Å²) < 4.78 is 15.3. The van der Waals surface area contributed by atoms with E-state index in [9.17, 15) is 4.39 Å². The monoisotopic (exact) mass is 233 g/mol. The number of rotatable bonds is 4. The minimum Gasteiger partial charge on any atom is -0.378 e. The molecule has 0 fully saturated rings. The number of halogens is 1. The second-order valence-corrected chi connectivity index (χ2v) is 3.93. The van der Waals surface area contributed by atoms with Crippen LogP contribution in [-0.4, -0.2) is 9.78 Å². The molecule has 0 aliphatic heterocycles. The average molecular weight is 233 g/mol. The molecular weight excluding hydrogens is 217 g/mol. The van der Waals surface area contributed by atoms with E-state index in [1.54, 1.807) is 12.1 Å². The summed E-state index contributed by atoms with van der Waals surface area (Å²) in [7, 11) is 0. The Morgan fingerprint density at radius 1 is 1.35 bits per heavy atom. The highest BCUT2D eigenvalue weighted by Gasteiger charge is 2.05. The molecule has 2 aromatic rings. The van der Waals surface area contributed by atoms with Gasteiger partial charge in [0, 0.05) is 24.8 Å². The van der Waals surface area contributed by atoms with Gasteiger partial charge in [-0.2, -0.15) is 5.10 Å². The van der Waals surface area contributed by atoms with Crippen LogP contribution in [0.1, 0.15) is 18.2 Å². The van der Waals surface area contributed by atoms with Gasteiger partial charge in [-0.05, 0) is 26.0 Å². The van der Waals surface area contributed by atoms with Crippen molar-refractivity contribution in [3.8, 4) is 0 Å². The lowest BCUT2D eigenvalue weighted by Gasteiger charge is -2.06. The summed E-state index contributed by atoms with van der Waals surface area (Å²) in [5.41, 5.74) is 2.60. The quantitative estimate of drug-likeness (QED) is 0.879. The van der Waals surface area contributed by atoms with Crippen LogP contribution in [0.15, 0.2) is 30.5 Å². The van der Waals surface area contributed by atoms with Crippen molar-refractivity contribution in [1.29, 1.82) is 0 Å². The number of hydrogen-bond donors (Lipinski definition) is 1. The SMILES string of the molecule is CCn1cc(CNc2ccccc2F)c(C)n1. The average Bonchev–Trinajstić information content (AvgIpc) is 2.69. The minimum atomic E-state index is -0.229. The van der Waals surface area contributed by atoms with E-state index in [0.29, 0.717) is 12.2 Å². The number of anilines is 1. The summed E-state index contributed by atoms with van der Waals surface area (Å²) in [4.78, 5) is 0. The molecule has 0 saturated carbocycles. The van der Waals surface area contributed by atoms with E-state index in [1.165, 1.54) is 6.07 Å². The molecule has 0 spiro atoms.